The fourth-order valence-corrected chi connectivity index (χ4v) is 4.02. The summed E-state index contributed by atoms with van der Waals surface area (Å²) in [4.78, 5) is 37.1. The molecule has 0 spiro atoms. The first-order valence-electron chi connectivity index (χ1n) is 10.3. The maximum absolute atomic E-state index is 13.0. The van der Waals surface area contributed by atoms with Gasteiger partial charge in [-0.15, -0.1) is 0 Å². The van der Waals surface area contributed by atoms with E-state index in [0.717, 1.165) is 5.56 Å². The molecule has 1 aliphatic rings. The van der Waals surface area contributed by atoms with E-state index in [9.17, 15) is 24.6 Å². The van der Waals surface area contributed by atoms with Gasteiger partial charge in [-0.2, -0.15) is 11.8 Å². The Hall–Kier alpha value is -2.88. The van der Waals surface area contributed by atoms with Gasteiger partial charge in [0.25, 0.3) is 5.91 Å². The van der Waals surface area contributed by atoms with E-state index in [1.54, 1.807) is 18.2 Å². The second kappa shape index (κ2) is 11.1. The van der Waals surface area contributed by atoms with E-state index in [0.29, 0.717) is 42.0 Å². The van der Waals surface area contributed by atoms with E-state index < -0.39 is 30.1 Å². The van der Waals surface area contributed by atoms with Gasteiger partial charge in [-0.3, -0.25) is 9.59 Å². The Kier molecular flexibility index (Phi) is 8.26. The Morgan fingerprint density at radius 2 is 1.94 bits per heavy atom. The van der Waals surface area contributed by atoms with E-state index in [-0.39, 0.29) is 5.91 Å². The highest BCUT2D eigenvalue weighted by Gasteiger charge is 2.28. The van der Waals surface area contributed by atoms with Gasteiger partial charge < -0.3 is 26.2 Å². The maximum Gasteiger partial charge on any atom is 0.326 e. The topological polar surface area (TPSA) is 128 Å². The molecule has 1 saturated heterocycles. The van der Waals surface area contributed by atoms with Crippen LogP contribution in [0, 0.1) is 0 Å². The molecular weight excluding hydrogens is 430 g/mol. The molecule has 8 nitrogen and oxygen atoms in total. The lowest BCUT2D eigenvalue weighted by molar-refractivity contribution is -0.139. The number of anilines is 1. The fourth-order valence-electron chi connectivity index (χ4n) is 3.55. The number of hydrogen-bond donors (Lipinski definition) is 5. The van der Waals surface area contributed by atoms with Gasteiger partial charge >= 0.3 is 5.97 Å². The van der Waals surface area contributed by atoms with Crippen molar-refractivity contribution < 1.29 is 24.6 Å². The van der Waals surface area contributed by atoms with Gasteiger partial charge in [0.1, 0.15) is 6.04 Å². The molecule has 0 saturated carbocycles. The lowest BCUT2D eigenvalue weighted by Crippen LogP contribution is -2.41. The maximum atomic E-state index is 13.0. The van der Waals surface area contributed by atoms with Gasteiger partial charge in [-0.25, -0.2) is 4.79 Å². The molecule has 1 fully saturated rings. The van der Waals surface area contributed by atoms with Gasteiger partial charge in [0.15, 0.2) is 0 Å². The third-order valence-corrected chi connectivity index (χ3v) is 5.90. The quantitative estimate of drug-likeness (QED) is 0.389. The van der Waals surface area contributed by atoms with Crippen LogP contribution < -0.4 is 16.0 Å². The molecule has 0 bridgehead atoms. The Bertz CT molecular complexity index is 969. The van der Waals surface area contributed by atoms with E-state index in [1.807, 2.05) is 36.6 Å². The van der Waals surface area contributed by atoms with Crippen LogP contribution in [0.5, 0.6) is 0 Å². The van der Waals surface area contributed by atoms with Crippen molar-refractivity contribution in [2.45, 2.75) is 31.0 Å². The summed E-state index contributed by atoms with van der Waals surface area (Å²) in [5, 5.41) is 27.5. The lowest BCUT2D eigenvalue weighted by Gasteiger charge is -2.17. The minimum atomic E-state index is -1.08. The summed E-state index contributed by atoms with van der Waals surface area (Å²) >= 11 is 1.51. The number of aliphatic hydroxyl groups is 1. The molecule has 5 N–H and O–H groups in total. The Morgan fingerprint density at radius 1 is 1.19 bits per heavy atom. The van der Waals surface area contributed by atoms with Crippen molar-refractivity contribution in [3.05, 3.63) is 54.1 Å². The average molecular weight is 458 g/mol. The largest absolute Gasteiger partial charge is 0.480 e. The zero-order valence-corrected chi connectivity index (χ0v) is 18.5. The second-order valence-corrected chi connectivity index (χ2v) is 8.60. The normalized spacial score (nSPS) is 18.7. The molecule has 32 heavy (non-hydrogen) atoms. The van der Waals surface area contributed by atoms with Gasteiger partial charge in [0.2, 0.25) is 5.91 Å². The number of hydrogen-bond acceptors (Lipinski definition) is 6. The minimum Gasteiger partial charge on any atom is -0.480 e. The predicted octanol–water partition coefficient (Wildman–Crippen LogP) is 1.95. The van der Waals surface area contributed by atoms with Gasteiger partial charge in [0, 0.05) is 17.8 Å². The predicted molar refractivity (Wildman–Crippen MR) is 125 cm³/mol. The number of rotatable bonds is 9. The summed E-state index contributed by atoms with van der Waals surface area (Å²) < 4.78 is 0. The molecule has 1 heterocycles. The number of β-amino-alcohol motifs (C(OH)–C–C–N with tert-alkyl or cyclic N) is 1. The number of nitrogens with one attached hydrogen (secondary N) is 3. The van der Waals surface area contributed by atoms with Crippen LogP contribution in [0.3, 0.4) is 0 Å². The second-order valence-electron chi connectivity index (χ2n) is 7.61. The first-order valence-corrected chi connectivity index (χ1v) is 11.7. The summed E-state index contributed by atoms with van der Waals surface area (Å²) in [7, 11) is 0. The summed E-state index contributed by atoms with van der Waals surface area (Å²) in [5.74, 6) is -1.22. The molecule has 3 rings (SSSR count). The fraction of sp³-hybridized carbons (Fsp3) is 0.348. The molecule has 170 valence electrons. The van der Waals surface area contributed by atoms with Crippen LogP contribution >= 0.6 is 11.8 Å². The summed E-state index contributed by atoms with van der Waals surface area (Å²) in [5.41, 5.74) is 2.17. The van der Waals surface area contributed by atoms with Crippen molar-refractivity contribution in [3.63, 3.8) is 0 Å². The number of carbonyl (C=O) groups is 3. The van der Waals surface area contributed by atoms with Crippen molar-refractivity contribution in [2.75, 3.05) is 23.9 Å². The summed E-state index contributed by atoms with van der Waals surface area (Å²) in [6.07, 6.45) is 1.98. The van der Waals surface area contributed by atoms with Crippen molar-refractivity contribution in [1.29, 1.82) is 0 Å². The molecular formula is C23H27N3O5S. The van der Waals surface area contributed by atoms with Gasteiger partial charge in [-0.1, -0.05) is 30.3 Å². The zero-order chi connectivity index (χ0) is 23.1. The van der Waals surface area contributed by atoms with Crippen LogP contribution in [0.1, 0.15) is 23.2 Å². The number of benzene rings is 2. The van der Waals surface area contributed by atoms with Crippen molar-refractivity contribution in [2.24, 2.45) is 0 Å². The van der Waals surface area contributed by atoms with E-state index in [4.69, 9.17) is 0 Å². The monoisotopic (exact) mass is 457 g/mol. The first kappa shape index (κ1) is 23.8. The van der Waals surface area contributed by atoms with Crippen molar-refractivity contribution >= 4 is 35.2 Å². The standard InChI is InChI=1S/C23H27N3O5S/c1-32-10-9-19(23(30)31)26-21(28)17-8-7-15(11-18(17)14-5-3-2-4-6-14)25-22(29)20-12-16(27)13-24-20/h2-8,11,16,19-20,24,27H,9-10,12-13H2,1H3,(H,25,29)(H,26,28)(H,30,31). The Labute approximate surface area is 190 Å². The molecule has 0 radical (unpaired) electrons. The number of aliphatic hydroxyl groups excluding tert-OH is 1. The molecule has 0 aromatic heterocycles. The Morgan fingerprint density at radius 3 is 2.56 bits per heavy atom. The van der Waals surface area contributed by atoms with E-state index >= 15 is 0 Å². The van der Waals surface area contributed by atoms with Crippen LogP contribution in [0.4, 0.5) is 5.69 Å². The number of aliphatic carboxylic acids is 1. The number of carboxylic acid groups (broad SMARTS) is 1. The van der Waals surface area contributed by atoms with Gasteiger partial charge in [-0.05, 0) is 54.2 Å². The number of thioether (sulfide) groups is 1. The highest BCUT2D eigenvalue weighted by molar-refractivity contribution is 7.98. The Balaban J connectivity index is 1.86. The third-order valence-electron chi connectivity index (χ3n) is 5.25. The lowest BCUT2D eigenvalue weighted by atomic mass is 9.98. The first-order chi connectivity index (χ1) is 15.4. The molecule has 3 atom stereocenters. The minimum absolute atomic E-state index is 0.263. The number of amides is 2. The highest BCUT2D eigenvalue weighted by atomic mass is 32.2. The number of carbonyl (C=O) groups excluding carboxylic acids is 2. The molecule has 2 aromatic carbocycles. The third kappa shape index (κ3) is 6.09. The van der Waals surface area contributed by atoms with Crippen LogP contribution in [-0.4, -0.2) is 64.7 Å². The van der Waals surface area contributed by atoms with Gasteiger partial charge in [0.05, 0.1) is 12.1 Å². The van der Waals surface area contributed by atoms with Crippen molar-refractivity contribution in [1.82, 2.24) is 10.6 Å². The van der Waals surface area contributed by atoms with Crippen LogP contribution in [0.2, 0.25) is 0 Å². The summed E-state index contributed by atoms with van der Waals surface area (Å²) in [6.45, 7) is 0.369. The van der Waals surface area contributed by atoms with E-state index in [1.165, 1.54) is 11.8 Å². The molecule has 3 unspecified atom stereocenters. The molecule has 0 aliphatic carbocycles. The molecule has 2 amide bonds. The SMILES string of the molecule is CSCCC(NC(=O)c1ccc(NC(=O)C2CC(O)CN2)cc1-c1ccccc1)C(=O)O. The van der Waals surface area contributed by atoms with Crippen LogP contribution in [0.15, 0.2) is 48.5 Å². The van der Waals surface area contributed by atoms with Crippen LogP contribution in [0.25, 0.3) is 11.1 Å². The smallest absolute Gasteiger partial charge is 0.326 e. The van der Waals surface area contributed by atoms with Crippen LogP contribution in [-0.2, 0) is 9.59 Å². The molecule has 1 aliphatic heterocycles. The molecule has 9 heteroatoms. The summed E-state index contributed by atoms with van der Waals surface area (Å²) in [6, 6.07) is 12.6. The zero-order valence-electron chi connectivity index (χ0n) is 17.7. The molecule has 2 aromatic rings. The van der Waals surface area contributed by atoms with E-state index in [2.05, 4.69) is 16.0 Å². The average Bonchev–Trinajstić information content (AvgIpc) is 3.23. The van der Waals surface area contributed by atoms with Crippen molar-refractivity contribution in [3.8, 4) is 11.1 Å². The number of carboxylic acids is 1. The highest BCUT2D eigenvalue weighted by Crippen LogP contribution is 2.28.